The summed E-state index contributed by atoms with van der Waals surface area (Å²) in [5, 5.41) is 0. The average molecular weight is 214 g/mol. The van der Waals surface area contributed by atoms with E-state index in [-0.39, 0.29) is 11.5 Å². The molecule has 4 heteroatoms. The molecule has 2 heterocycles. The highest BCUT2D eigenvalue weighted by Crippen LogP contribution is 2.36. The Bertz CT molecular complexity index is 495. The molecule has 2 aliphatic heterocycles. The maximum Gasteiger partial charge on any atom is 0.344 e. The van der Waals surface area contributed by atoms with Gasteiger partial charge in [0.15, 0.2) is 0 Å². The van der Waals surface area contributed by atoms with E-state index in [0.717, 1.165) is 0 Å². The Labute approximate surface area is 90.8 Å². The van der Waals surface area contributed by atoms with E-state index in [9.17, 15) is 9.59 Å². The molecule has 0 atom stereocenters. The zero-order valence-corrected chi connectivity index (χ0v) is 8.20. The minimum atomic E-state index is -0.492. The predicted molar refractivity (Wildman–Crippen MR) is 55.3 cm³/mol. The summed E-state index contributed by atoms with van der Waals surface area (Å²) in [7, 11) is 0. The van der Waals surface area contributed by atoms with Crippen molar-refractivity contribution < 1.29 is 19.1 Å². The number of carbonyl (C=O) groups excluding carboxylic acids is 2. The molecule has 3 rings (SSSR count). The van der Waals surface area contributed by atoms with Gasteiger partial charge >= 0.3 is 11.9 Å². The number of benzene rings is 1. The largest absolute Gasteiger partial charge is 0.423 e. The van der Waals surface area contributed by atoms with Crippen molar-refractivity contribution in [1.82, 2.24) is 0 Å². The Balaban J connectivity index is 2.33. The van der Waals surface area contributed by atoms with Crippen molar-refractivity contribution in [2.45, 2.75) is 0 Å². The number of carbonyl (C=O) groups is 2. The Hall–Kier alpha value is -2.36. The van der Waals surface area contributed by atoms with E-state index < -0.39 is 11.9 Å². The van der Waals surface area contributed by atoms with Crippen molar-refractivity contribution in [2.75, 3.05) is 0 Å². The molecular formula is C12H6O4. The van der Waals surface area contributed by atoms with Crippen LogP contribution >= 0.6 is 0 Å². The number of cyclic esters (lactones) is 2. The molecule has 1 aromatic rings. The van der Waals surface area contributed by atoms with Gasteiger partial charge in [0.2, 0.25) is 0 Å². The Kier molecular flexibility index (Phi) is 1.45. The van der Waals surface area contributed by atoms with E-state index in [1.807, 2.05) is 0 Å². The average Bonchev–Trinajstić information content (AvgIpc) is 2.67. The van der Waals surface area contributed by atoms with Crippen LogP contribution in [0.1, 0.15) is 31.8 Å². The second-order valence-electron chi connectivity index (χ2n) is 3.57. The highest BCUT2D eigenvalue weighted by molar-refractivity contribution is 6.09. The van der Waals surface area contributed by atoms with E-state index in [4.69, 9.17) is 9.47 Å². The lowest BCUT2D eigenvalue weighted by Gasteiger charge is -1.98. The van der Waals surface area contributed by atoms with Crippen LogP contribution in [0.5, 0.6) is 0 Å². The Morgan fingerprint density at radius 3 is 1.56 bits per heavy atom. The van der Waals surface area contributed by atoms with Crippen LogP contribution in [0.2, 0.25) is 0 Å². The summed E-state index contributed by atoms with van der Waals surface area (Å²) in [5.74, 6) is -0.411. The Morgan fingerprint density at radius 2 is 1.12 bits per heavy atom. The molecule has 0 saturated carbocycles. The lowest BCUT2D eigenvalue weighted by atomic mass is 9.99. The van der Waals surface area contributed by atoms with Crippen LogP contribution < -0.4 is 0 Å². The molecule has 0 aliphatic carbocycles. The van der Waals surface area contributed by atoms with Crippen LogP contribution in [0.3, 0.4) is 0 Å². The van der Waals surface area contributed by atoms with Gasteiger partial charge in [-0.05, 0) is 12.1 Å². The summed E-state index contributed by atoms with van der Waals surface area (Å²) < 4.78 is 9.73. The Morgan fingerprint density at radius 1 is 0.750 bits per heavy atom. The van der Waals surface area contributed by atoms with Gasteiger partial charge in [-0.25, -0.2) is 9.59 Å². The highest BCUT2D eigenvalue weighted by Gasteiger charge is 2.33. The van der Waals surface area contributed by atoms with Gasteiger partial charge in [0.05, 0.1) is 11.1 Å². The van der Waals surface area contributed by atoms with Crippen molar-refractivity contribution in [3.05, 3.63) is 47.5 Å². The highest BCUT2D eigenvalue weighted by atomic mass is 16.5. The quantitative estimate of drug-likeness (QED) is 0.619. The number of esters is 2. The molecule has 4 nitrogen and oxygen atoms in total. The van der Waals surface area contributed by atoms with Crippen molar-refractivity contribution >= 4 is 23.5 Å². The van der Waals surface area contributed by atoms with Crippen molar-refractivity contribution in [3.63, 3.8) is 0 Å². The normalized spacial score (nSPS) is 17.0. The van der Waals surface area contributed by atoms with Gasteiger partial charge in [0, 0.05) is 11.1 Å². The summed E-state index contributed by atoms with van der Waals surface area (Å²) in [6, 6.07) is 3.11. The fourth-order valence-electron chi connectivity index (χ4n) is 1.84. The lowest BCUT2D eigenvalue weighted by molar-refractivity contribution is 0.0714. The molecular weight excluding hydrogens is 208 g/mol. The number of fused-ring (bicyclic) bond motifs is 2. The summed E-state index contributed by atoms with van der Waals surface area (Å²) in [6.07, 6.45) is 0. The first-order valence-electron chi connectivity index (χ1n) is 4.59. The molecule has 0 amide bonds. The SMILES string of the molecule is C=C1OC(=O)c2cc3c(cc21)C(=C)OC3=O. The molecule has 0 unspecified atom stereocenters. The third kappa shape index (κ3) is 0.930. The number of rotatable bonds is 0. The van der Waals surface area contributed by atoms with Crippen LogP contribution in [0.25, 0.3) is 11.5 Å². The van der Waals surface area contributed by atoms with E-state index in [2.05, 4.69) is 13.2 Å². The zero-order valence-electron chi connectivity index (χ0n) is 8.20. The monoisotopic (exact) mass is 214 g/mol. The van der Waals surface area contributed by atoms with Crippen LogP contribution in [0.15, 0.2) is 25.3 Å². The summed E-state index contributed by atoms with van der Waals surface area (Å²) in [5.41, 5.74) is 1.86. The van der Waals surface area contributed by atoms with Crippen LogP contribution in [-0.2, 0) is 9.47 Å². The first-order valence-corrected chi connectivity index (χ1v) is 4.59. The van der Waals surface area contributed by atoms with Crippen molar-refractivity contribution in [2.24, 2.45) is 0 Å². The van der Waals surface area contributed by atoms with E-state index >= 15 is 0 Å². The first kappa shape index (κ1) is 8.91. The van der Waals surface area contributed by atoms with Gasteiger partial charge in [-0.3, -0.25) is 0 Å². The minimum absolute atomic E-state index is 0.287. The summed E-state index contributed by atoms with van der Waals surface area (Å²) in [6.45, 7) is 7.23. The van der Waals surface area contributed by atoms with Gasteiger partial charge in [0.25, 0.3) is 0 Å². The van der Waals surface area contributed by atoms with Gasteiger partial charge in [-0.2, -0.15) is 0 Å². The standard InChI is InChI=1S/C12H6O4/c1-5-7-3-8-6(2)16-12(14)10(8)4-9(7)11(13)15-5/h3-4H,1-2H2. The molecule has 0 fully saturated rings. The third-order valence-corrected chi connectivity index (χ3v) is 2.63. The topological polar surface area (TPSA) is 52.6 Å². The number of ether oxygens (including phenoxy) is 2. The minimum Gasteiger partial charge on any atom is -0.423 e. The van der Waals surface area contributed by atoms with Gasteiger partial charge in [0.1, 0.15) is 11.5 Å². The molecule has 0 spiro atoms. The second-order valence-corrected chi connectivity index (χ2v) is 3.57. The molecule has 16 heavy (non-hydrogen) atoms. The van der Waals surface area contributed by atoms with E-state index in [1.54, 1.807) is 6.07 Å². The van der Waals surface area contributed by atoms with Crippen molar-refractivity contribution in [3.8, 4) is 0 Å². The maximum absolute atomic E-state index is 11.4. The van der Waals surface area contributed by atoms with Crippen molar-refractivity contribution in [1.29, 1.82) is 0 Å². The lowest BCUT2D eigenvalue weighted by Crippen LogP contribution is -1.98. The molecule has 2 aliphatic rings. The van der Waals surface area contributed by atoms with Gasteiger partial charge in [-0.15, -0.1) is 0 Å². The van der Waals surface area contributed by atoms with Gasteiger partial charge in [-0.1, -0.05) is 13.2 Å². The smallest absolute Gasteiger partial charge is 0.344 e. The molecule has 0 radical (unpaired) electrons. The molecule has 0 saturated heterocycles. The van der Waals surface area contributed by atoms with E-state index in [1.165, 1.54) is 6.07 Å². The third-order valence-electron chi connectivity index (χ3n) is 2.63. The van der Waals surface area contributed by atoms with Gasteiger partial charge < -0.3 is 9.47 Å². The summed E-state index contributed by atoms with van der Waals surface area (Å²) in [4.78, 5) is 22.8. The maximum atomic E-state index is 11.4. The van der Waals surface area contributed by atoms with Crippen LogP contribution in [0, 0.1) is 0 Å². The first-order chi connectivity index (χ1) is 7.58. The van der Waals surface area contributed by atoms with Crippen LogP contribution in [0.4, 0.5) is 0 Å². The molecule has 78 valence electrons. The molecule has 0 N–H and O–H groups in total. The number of hydrogen-bond acceptors (Lipinski definition) is 4. The van der Waals surface area contributed by atoms with E-state index in [0.29, 0.717) is 22.3 Å². The fraction of sp³-hybridized carbons (Fsp3) is 0. The fourth-order valence-corrected chi connectivity index (χ4v) is 1.84. The molecule has 0 aromatic heterocycles. The summed E-state index contributed by atoms with van der Waals surface area (Å²) >= 11 is 0. The number of hydrogen-bond donors (Lipinski definition) is 0. The molecule has 1 aromatic carbocycles. The predicted octanol–water partition coefficient (Wildman–Crippen LogP) is 1.97. The zero-order chi connectivity index (χ0) is 11.4. The van der Waals surface area contributed by atoms with Crippen LogP contribution in [-0.4, -0.2) is 11.9 Å². The second kappa shape index (κ2) is 2.61. The molecule has 0 bridgehead atoms.